The highest BCUT2D eigenvalue weighted by Crippen LogP contribution is 2.22. The number of hydrogen-bond acceptors (Lipinski definition) is 5. The van der Waals surface area contributed by atoms with Crippen LogP contribution in [-0.4, -0.2) is 29.2 Å². The molecule has 1 aromatic heterocycles. The van der Waals surface area contributed by atoms with Gasteiger partial charge in [0.1, 0.15) is 12.1 Å². The van der Waals surface area contributed by atoms with Crippen molar-refractivity contribution in [2.75, 3.05) is 24.2 Å². The fraction of sp³-hybridized carbons (Fsp3) is 0.429. The normalized spacial score (nSPS) is 19.5. The highest BCUT2D eigenvalue weighted by molar-refractivity contribution is 5.90. The van der Waals surface area contributed by atoms with Crippen molar-refractivity contribution < 1.29 is 4.74 Å². The van der Waals surface area contributed by atoms with Gasteiger partial charge >= 0.3 is 0 Å². The molecule has 1 aliphatic heterocycles. The second-order valence-corrected chi connectivity index (χ2v) is 4.87. The molecule has 3 rings (SSSR count). The van der Waals surface area contributed by atoms with Crippen LogP contribution in [0.2, 0.25) is 0 Å². The summed E-state index contributed by atoms with van der Waals surface area (Å²) in [5, 5.41) is 4.35. The van der Waals surface area contributed by atoms with Crippen molar-refractivity contribution in [3.05, 3.63) is 24.5 Å². The molecule has 100 valence electrons. The first-order valence-electron chi connectivity index (χ1n) is 6.68. The fourth-order valence-corrected chi connectivity index (χ4v) is 2.39. The van der Waals surface area contributed by atoms with Gasteiger partial charge in [-0.05, 0) is 37.5 Å². The number of rotatable bonds is 3. The highest BCUT2D eigenvalue weighted by Gasteiger charge is 2.14. The minimum absolute atomic E-state index is 0.285. The maximum absolute atomic E-state index is 5.76. The van der Waals surface area contributed by atoms with Gasteiger partial charge in [-0.2, -0.15) is 0 Å². The standard InChI is InChI=1S/C14H18N4O/c15-10-4-5-12-13(7-10)17-9-18-14(12)16-8-11-3-1-2-6-19-11/h4-5,7,9,11H,1-3,6,8,15H2,(H,16,17,18). The molecule has 1 fully saturated rings. The topological polar surface area (TPSA) is 73.1 Å². The van der Waals surface area contributed by atoms with Gasteiger partial charge in [-0.25, -0.2) is 9.97 Å². The largest absolute Gasteiger partial charge is 0.399 e. The number of nitrogen functional groups attached to an aromatic ring is 1. The zero-order valence-electron chi connectivity index (χ0n) is 10.8. The van der Waals surface area contributed by atoms with Crippen LogP contribution in [0.5, 0.6) is 0 Å². The van der Waals surface area contributed by atoms with Gasteiger partial charge < -0.3 is 15.8 Å². The Morgan fingerprint density at radius 2 is 2.26 bits per heavy atom. The van der Waals surface area contributed by atoms with Gasteiger partial charge in [-0.1, -0.05) is 0 Å². The molecule has 2 heterocycles. The maximum atomic E-state index is 5.76. The van der Waals surface area contributed by atoms with E-state index in [9.17, 15) is 0 Å². The van der Waals surface area contributed by atoms with Crippen LogP contribution in [0, 0.1) is 0 Å². The highest BCUT2D eigenvalue weighted by atomic mass is 16.5. The molecule has 2 aromatic rings. The summed E-state index contributed by atoms with van der Waals surface area (Å²) in [6, 6.07) is 5.68. The molecule has 1 atom stereocenters. The van der Waals surface area contributed by atoms with E-state index in [0.717, 1.165) is 36.3 Å². The first kappa shape index (κ1) is 12.2. The predicted molar refractivity (Wildman–Crippen MR) is 76.0 cm³/mol. The van der Waals surface area contributed by atoms with Crippen molar-refractivity contribution in [1.29, 1.82) is 0 Å². The fourth-order valence-electron chi connectivity index (χ4n) is 2.39. The minimum Gasteiger partial charge on any atom is -0.399 e. The average Bonchev–Trinajstić information content (AvgIpc) is 2.45. The Morgan fingerprint density at radius 1 is 1.32 bits per heavy atom. The van der Waals surface area contributed by atoms with E-state index in [-0.39, 0.29) is 6.10 Å². The molecule has 0 saturated carbocycles. The first-order chi connectivity index (χ1) is 9.33. The molecule has 1 unspecified atom stereocenters. The van der Waals surface area contributed by atoms with E-state index in [1.807, 2.05) is 18.2 Å². The van der Waals surface area contributed by atoms with E-state index < -0.39 is 0 Å². The number of aromatic nitrogens is 2. The third-order valence-electron chi connectivity index (χ3n) is 3.43. The lowest BCUT2D eigenvalue weighted by Crippen LogP contribution is -2.27. The summed E-state index contributed by atoms with van der Waals surface area (Å²) in [7, 11) is 0. The van der Waals surface area contributed by atoms with E-state index in [0.29, 0.717) is 5.69 Å². The summed E-state index contributed by atoms with van der Waals surface area (Å²) >= 11 is 0. The number of nitrogens with one attached hydrogen (secondary N) is 1. The van der Waals surface area contributed by atoms with Gasteiger partial charge in [0, 0.05) is 24.2 Å². The average molecular weight is 258 g/mol. The van der Waals surface area contributed by atoms with Gasteiger partial charge in [0.2, 0.25) is 0 Å². The van der Waals surface area contributed by atoms with Crippen LogP contribution in [-0.2, 0) is 4.74 Å². The Kier molecular flexibility index (Phi) is 3.46. The van der Waals surface area contributed by atoms with Crippen LogP contribution in [0.1, 0.15) is 19.3 Å². The SMILES string of the molecule is Nc1ccc2c(NCC3CCCCO3)ncnc2c1. The molecule has 1 aromatic carbocycles. The molecule has 1 saturated heterocycles. The number of hydrogen-bond donors (Lipinski definition) is 2. The van der Waals surface area contributed by atoms with Crippen LogP contribution in [0.25, 0.3) is 10.9 Å². The molecule has 0 aliphatic carbocycles. The van der Waals surface area contributed by atoms with E-state index in [1.165, 1.54) is 12.8 Å². The monoisotopic (exact) mass is 258 g/mol. The van der Waals surface area contributed by atoms with Crippen LogP contribution in [0.3, 0.4) is 0 Å². The maximum Gasteiger partial charge on any atom is 0.137 e. The van der Waals surface area contributed by atoms with Crippen molar-refractivity contribution >= 4 is 22.4 Å². The van der Waals surface area contributed by atoms with Gasteiger partial charge in [0.25, 0.3) is 0 Å². The number of nitrogens with zero attached hydrogens (tertiary/aromatic N) is 2. The Balaban J connectivity index is 1.76. The van der Waals surface area contributed by atoms with Gasteiger partial charge in [-0.15, -0.1) is 0 Å². The lowest BCUT2D eigenvalue weighted by atomic mass is 10.1. The number of ether oxygens (including phenoxy) is 1. The third kappa shape index (κ3) is 2.76. The molecule has 0 bridgehead atoms. The molecule has 5 nitrogen and oxygen atoms in total. The Morgan fingerprint density at radius 3 is 3.11 bits per heavy atom. The molecule has 0 radical (unpaired) electrons. The molecular weight excluding hydrogens is 240 g/mol. The molecule has 3 N–H and O–H groups in total. The van der Waals surface area contributed by atoms with E-state index >= 15 is 0 Å². The molecule has 1 aliphatic rings. The second kappa shape index (κ2) is 5.40. The third-order valence-corrected chi connectivity index (χ3v) is 3.43. The van der Waals surface area contributed by atoms with Gasteiger partial charge in [0.05, 0.1) is 11.6 Å². The van der Waals surface area contributed by atoms with Gasteiger partial charge in [0.15, 0.2) is 0 Å². The summed E-state index contributed by atoms with van der Waals surface area (Å²) in [6.07, 6.45) is 5.38. The number of fused-ring (bicyclic) bond motifs is 1. The van der Waals surface area contributed by atoms with Gasteiger partial charge in [-0.3, -0.25) is 0 Å². The zero-order chi connectivity index (χ0) is 13.1. The molecular formula is C14H18N4O. The smallest absolute Gasteiger partial charge is 0.137 e. The number of nitrogens with two attached hydrogens (primary N) is 1. The van der Waals surface area contributed by atoms with E-state index in [1.54, 1.807) is 6.33 Å². The summed E-state index contributed by atoms with van der Waals surface area (Å²) in [4.78, 5) is 8.54. The Bertz CT molecular complexity index is 566. The first-order valence-corrected chi connectivity index (χ1v) is 6.68. The van der Waals surface area contributed by atoms with Crippen LogP contribution >= 0.6 is 0 Å². The van der Waals surface area contributed by atoms with Crippen molar-refractivity contribution in [1.82, 2.24) is 9.97 Å². The second-order valence-electron chi connectivity index (χ2n) is 4.87. The Labute approximate surface area is 112 Å². The number of benzene rings is 1. The minimum atomic E-state index is 0.285. The van der Waals surface area contributed by atoms with Crippen LogP contribution in [0.4, 0.5) is 11.5 Å². The van der Waals surface area contributed by atoms with Crippen molar-refractivity contribution in [3.8, 4) is 0 Å². The summed E-state index contributed by atoms with van der Waals surface area (Å²) < 4.78 is 5.70. The predicted octanol–water partition coefficient (Wildman–Crippen LogP) is 2.19. The number of anilines is 2. The zero-order valence-corrected chi connectivity index (χ0v) is 10.8. The lowest BCUT2D eigenvalue weighted by Gasteiger charge is -2.23. The summed E-state index contributed by atoms with van der Waals surface area (Å²) in [5.41, 5.74) is 7.34. The van der Waals surface area contributed by atoms with E-state index in [4.69, 9.17) is 10.5 Å². The molecule has 5 heteroatoms. The van der Waals surface area contributed by atoms with Crippen molar-refractivity contribution in [2.24, 2.45) is 0 Å². The Hall–Kier alpha value is -1.88. The lowest BCUT2D eigenvalue weighted by molar-refractivity contribution is 0.0247. The van der Waals surface area contributed by atoms with Crippen LogP contribution < -0.4 is 11.1 Å². The molecule has 0 spiro atoms. The van der Waals surface area contributed by atoms with E-state index in [2.05, 4.69) is 15.3 Å². The van der Waals surface area contributed by atoms with Crippen molar-refractivity contribution in [2.45, 2.75) is 25.4 Å². The molecule has 19 heavy (non-hydrogen) atoms. The van der Waals surface area contributed by atoms with Crippen molar-refractivity contribution in [3.63, 3.8) is 0 Å². The summed E-state index contributed by atoms with van der Waals surface area (Å²) in [6.45, 7) is 1.66. The quantitative estimate of drug-likeness (QED) is 0.826. The molecule has 0 amide bonds. The summed E-state index contributed by atoms with van der Waals surface area (Å²) in [5.74, 6) is 0.846. The van der Waals surface area contributed by atoms with Crippen LogP contribution in [0.15, 0.2) is 24.5 Å².